The molecule has 1 aromatic rings. The highest BCUT2D eigenvalue weighted by Gasteiger charge is 2.06. The van der Waals surface area contributed by atoms with E-state index in [0.717, 1.165) is 25.4 Å². The highest BCUT2D eigenvalue weighted by molar-refractivity contribution is 5.38. The zero-order chi connectivity index (χ0) is 14.3. The fourth-order valence-corrected chi connectivity index (χ4v) is 1.94. The van der Waals surface area contributed by atoms with Crippen LogP contribution in [0.25, 0.3) is 0 Å². The lowest BCUT2D eigenvalue weighted by atomic mass is 10.0. The van der Waals surface area contributed by atoms with Crippen LogP contribution in [0.15, 0.2) is 18.2 Å². The summed E-state index contributed by atoms with van der Waals surface area (Å²) in [5.41, 5.74) is 2.54. The van der Waals surface area contributed by atoms with E-state index in [-0.39, 0.29) is 0 Å². The van der Waals surface area contributed by atoms with Gasteiger partial charge in [-0.05, 0) is 17.5 Å². The third kappa shape index (κ3) is 5.62. The zero-order valence-corrected chi connectivity index (χ0v) is 12.9. The molecular weight excluding hydrogens is 236 g/mol. The second-order valence-corrected chi connectivity index (χ2v) is 5.51. The number of benzene rings is 1. The van der Waals surface area contributed by atoms with E-state index in [1.165, 1.54) is 11.1 Å². The summed E-state index contributed by atoms with van der Waals surface area (Å²) >= 11 is 0. The lowest BCUT2D eigenvalue weighted by Gasteiger charge is -2.14. The molecular formula is C16H28N2O. The molecule has 0 unspecified atom stereocenters. The predicted octanol–water partition coefficient (Wildman–Crippen LogP) is 2.91. The summed E-state index contributed by atoms with van der Waals surface area (Å²) in [6.45, 7) is 11.5. The topological polar surface area (TPSA) is 33.3 Å². The molecule has 0 amide bonds. The maximum Gasteiger partial charge on any atom is 0.123 e. The average molecular weight is 264 g/mol. The van der Waals surface area contributed by atoms with Crippen molar-refractivity contribution in [2.45, 2.75) is 46.2 Å². The normalized spacial score (nSPS) is 11.3. The second-order valence-electron chi connectivity index (χ2n) is 5.51. The molecule has 1 rings (SSSR count). The third-order valence-corrected chi connectivity index (χ3v) is 3.15. The minimum absolute atomic E-state index is 0.533. The number of ether oxygens (including phenoxy) is 1. The average Bonchev–Trinajstić information content (AvgIpc) is 2.37. The first-order chi connectivity index (χ1) is 9.04. The summed E-state index contributed by atoms with van der Waals surface area (Å²) < 4.78 is 5.48. The summed E-state index contributed by atoms with van der Waals surface area (Å²) in [5, 5.41) is 6.83. The van der Waals surface area contributed by atoms with Crippen molar-refractivity contribution in [2.24, 2.45) is 0 Å². The summed E-state index contributed by atoms with van der Waals surface area (Å²) in [5.74, 6) is 1.52. The van der Waals surface area contributed by atoms with Crippen LogP contribution in [0.4, 0.5) is 0 Å². The minimum Gasteiger partial charge on any atom is -0.496 e. The Bertz CT molecular complexity index is 375. The van der Waals surface area contributed by atoms with E-state index in [4.69, 9.17) is 4.74 Å². The molecule has 0 heterocycles. The van der Waals surface area contributed by atoms with Gasteiger partial charge in [0.1, 0.15) is 5.75 Å². The standard InChI is InChI=1S/C16H28N2O/c1-12(2)14-6-7-15(16(10-14)19-5)11-17-8-9-18-13(3)4/h6-7,10,12-13,17-18H,8-9,11H2,1-5H3. The molecule has 0 aliphatic carbocycles. The van der Waals surface area contributed by atoms with Gasteiger partial charge in [-0.3, -0.25) is 0 Å². The Kier molecular flexibility index (Phi) is 6.89. The molecule has 0 aromatic heterocycles. The maximum absolute atomic E-state index is 5.48. The van der Waals surface area contributed by atoms with Crippen molar-refractivity contribution in [1.29, 1.82) is 0 Å². The molecule has 0 aliphatic rings. The van der Waals surface area contributed by atoms with Gasteiger partial charge >= 0.3 is 0 Å². The molecule has 0 spiro atoms. The van der Waals surface area contributed by atoms with Crippen LogP contribution in [0.2, 0.25) is 0 Å². The van der Waals surface area contributed by atoms with Crippen LogP contribution in [0.1, 0.15) is 44.7 Å². The van der Waals surface area contributed by atoms with Crippen LogP contribution in [0.3, 0.4) is 0 Å². The van der Waals surface area contributed by atoms with Gasteiger partial charge in [-0.2, -0.15) is 0 Å². The quantitative estimate of drug-likeness (QED) is 0.708. The van der Waals surface area contributed by atoms with Crippen molar-refractivity contribution >= 4 is 0 Å². The minimum atomic E-state index is 0.533. The largest absolute Gasteiger partial charge is 0.496 e. The maximum atomic E-state index is 5.48. The van der Waals surface area contributed by atoms with Crippen LogP contribution in [-0.4, -0.2) is 26.2 Å². The summed E-state index contributed by atoms with van der Waals surface area (Å²) in [4.78, 5) is 0. The highest BCUT2D eigenvalue weighted by Crippen LogP contribution is 2.24. The molecule has 0 atom stereocenters. The Morgan fingerprint density at radius 3 is 2.42 bits per heavy atom. The first kappa shape index (κ1) is 16.0. The van der Waals surface area contributed by atoms with Crippen LogP contribution in [0, 0.1) is 0 Å². The third-order valence-electron chi connectivity index (χ3n) is 3.15. The van der Waals surface area contributed by atoms with E-state index >= 15 is 0 Å². The summed E-state index contributed by atoms with van der Waals surface area (Å²) in [6.07, 6.45) is 0. The number of hydrogen-bond donors (Lipinski definition) is 2. The number of nitrogens with one attached hydrogen (secondary N) is 2. The Morgan fingerprint density at radius 2 is 1.84 bits per heavy atom. The molecule has 0 radical (unpaired) electrons. The van der Waals surface area contributed by atoms with Gasteiger partial charge in [-0.25, -0.2) is 0 Å². The van der Waals surface area contributed by atoms with Gasteiger partial charge in [0.25, 0.3) is 0 Å². The van der Waals surface area contributed by atoms with E-state index < -0.39 is 0 Å². The second kappa shape index (κ2) is 8.18. The zero-order valence-electron chi connectivity index (χ0n) is 12.9. The molecule has 0 bridgehead atoms. The lowest BCUT2D eigenvalue weighted by molar-refractivity contribution is 0.406. The molecule has 3 nitrogen and oxygen atoms in total. The van der Waals surface area contributed by atoms with Gasteiger partial charge < -0.3 is 15.4 Å². The van der Waals surface area contributed by atoms with Crippen LogP contribution >= 0.6 is 0 Å². The Morgan fingerprint density at radius 1 is 1.11 bits per heavy atom. The SMILES string of the molecule is COc1cc(C(C)C)ccc1CNCCNC(C)C. The van der Waals surface area contributed by atoms with E-state index in [9.17, 15) is 0 Å². The van der Waals surface area contributed by atoms with E-state index in [1.807, 2.05) is 0 Å². The molecule has 1 aromatic carbocycles. The van der Waals surface area contributed by atoms with Crippen LogP contribution in [0.5, 0.6) is 5.75 Å². The smallest absolute Gasteiger partial charge is 0.123 e. The van der Waals surface area contributed by atoms with Gasteiger partial charge in [-0.15, -0.1) is 0 Å². The fraction of sp³-hybridized carbons (Fsp3) is 0.625. The molecule has 0 fully saturated rings. The van der Waals surface area contributed by atoms with Crippen molar-refractivity contribution < 1.29 is 4.74 Å². The van der Waals surface area contributed by atoms with Crippen LogP contribution in [-0.2, 0) is 6.54 Å². The molecule has 19 heavy (non-hydrogen) atoms. The van der Waals surface area contributed by atoms with Gasteiger partial charge in [0, 0.05) is 31.2 Å². The molecule has 0 aliphatic heterocycles. The first-order valence-corrected chi connectivity index (χ1v) is 7.15. The van der Waals surface area contributed by atoms with Crippen molar-refractivity contribution in [3.05, 3.63) is 29.3 Å². The Balaban J connectivity index is 2.49. The Hall–Kier alpha value is -1.06. The van der Waals surface area contributed by atoms with Gasteiger partial charge in [0.05, 0.1) is 7.11 Å². The van der Waals surface area contributed by atoms with Gasteiger partial charge in [0.15, 0.2) is 0 Å². The molecule has 3 heteroatoms. The summed E-state index contributed by atoms with van der Waals surface area (Å²) in [6, 6.07) is 7.04. The van der Waals surface area contributed by atoms with E-state index in [0.29, 0.717) is 12.0 Å². The molecule has 108 valence electrons. The molecule has 0 saturated carbocycles. The van der Waals surface area contributed by atoms with Crippen molar-refractivity contribution in [3.63, 3.8) is 0 Å². The molecule has 0 saturated heterocycles. The van der Waals surface area contributed by atoms with Crippen LogP contribution < -0.4 is 15.4 Å². The van der Waals surface area contributed by atoms with Gasteiger partial charge in [0.2, 0.25) is 0 Å². The first-order valence-electron chi connectivity index (χ1n) is 7.15. The highest BCUT2D eigenvalue weighted by atomic mass is 16.5. The lowest BCUT2D eigenvalue weighted by Crippen LogP contribution is -2.31. The summed E-state index contributed by atoms with van der Waals surface area (Å²) in [7, 11) is 1.74. The van der Waals surface area contributed by atoms with Crippen molar-refractivity contribution in [2.75, 3.05) is 20.2 Å². The number of hydrogen-bond acceptors (Lipinski definition) is 3. The number of methoxy groups -OCH3 is 1. The Labute approximate surface area is 117 Å². The van der Waals surface area contributed by atoms with Crippen molar-refractivity contribution in [1.82, 2.24) is 10.6 Å². The van der Waals surface area contributed by atoms with E-state index in [2.05, 4.69) is 56.5 Å². The molecule has 2 N–H and O–H groups in total. The van der Waals surface area contributed by atoms with Crippen molar-refractivity contribution in [3.8, 4) is 5.75 Å². The van der Waals surface area contributed by atoms with Gasteiger partial charge in [-0.1, -0.05) is 39.8 Å². The van der Waals surface area contributed by atoms with E-state index in [1.54, 1.807) is 7.11 Å². The monoisotopic (exact) mass is 264 g/mol. The number of rotatable bonds is 8. The predicted molar refractivity (Wildman–Crippen MR) is 81.9 cm³/mol. The fourth-order valence-electron chi connectivity index (χ4n) is 1.94.